The van der Waals surface area contributed by atoms with Crippen molar-refractivity contribution in [3.8, 4) is 5.75 Å². The molecule has 10 nitrogen and oxygen atoms in total. The van der Waals surface area contributed by atoms with Gasteiger partial charge >= 0.3 is 6.03 Å². The number of urea groups is 1. The van der Waals surface area contributed by atoms with E-state index in [1.54, 1.807) is 13.2 Å². The third-order valence-electron chi connectivity index (χ3n) is 11.2. The number of hydrogen-bond donors (Lipinski definition) is 2. The quantitative estimate of drug-likeness (QED) is 0.396. The third-order valence-corrected chi connectivity index (χ3v) is 13.2. The van der Waals surface area contributed by atoms with Gasteiger partial charge in [0.05, 0.1) is 36.8 Å². The van der Waals surface area contributed by atoms with Crippen molar-refractivity contribution in [1.29, 1.82) is 0 Å². The van der Waals surface area contributed by atoms with Crippen LogP contribution in [0.3, 0.4) is 0 Å². The molecule has 7 atom stereocenters. The Balaban J connectivity index is 1.28. The molecule has 0 radical (unpaired) electrons. The summed E-state index contributed by atoms with van der Waals surface area (Å²) < 4.78 is 39.3. The fourth-order valence-electron chi connectivity index (χ4n) is 8.54. The second kappa shape index (κ2) is 14.1. The molecule has 1 spiro atoms. The Morgan fingerprint density at radius 2 is 2.04 bits per heavy atom. The number of carbonyl (C=O) groups excluding carboxylic acids is 2. The SMILES string of the molecule is CO[C@H]1/C=C/C[C@H](C)C[S@@](=O)(NC(=O)N[C@H]2CCOC2)=NC(=O)c2ccc3c(c2)N(C[C@@H]2CC[C@H]21)C[C@@]1(CCCc2cc(C)ccc21)CO3. The van der Waals surface area contributed by atoms with Gasteiger partial charge in [0.25, 0.3) is 5.91 Å². The molecule has 2 bridgehead atoms. The van der Waals surface area contributed by atoms with Crippen LogP contribution in [0.5, 0.6) is 5.75 Å². The van der Waals surface area contributed by atoms with Crippen LogP contribution in [-0.4, -0.2) is 74.1 Å². The summed E-state index contributed by atoms with van der Waals surface area (Å²) in [7, 11) is -1.69. The number of nitrogens with one attached hydrogen (secondary N) is 2. The largest absolute Gasteiger partial charge is 0.490 e. The standard InChI is InChI=1S/C38H50N4O6S/c1-25-9-13-32-27(18-25)7-5-16-38(32)23-42-20-29-10-12-31(29)34(46-3)8-4-6-26(2)22-49(45,41-37(44)39-30-15-17-47-21-30)40-36(43)28-11-14-35(48-24-38)33(42)19-28/h4,8-9,11,13-14,18-19,26,29-31,34H,5-7,10,12,15-17,20-24H2,1-3H3,(H2,39,40,41,43,44,45)/b8-4+/t26-,29-,30-,31+,34-,38-,49-/m0/s1. The van der Waals surface area contributed by atoms with E-state index in [0.717, 1.165) is 56.6 Å². The topological polar surface area (TPSA) is 119 Å². The molecule has 264 valence electrons. The highest BCUT2D eigenvalue weighted by Crippen LogP contribution is 2.47. The maximum atomic E-state index is 14.4. The number of ether oxygens (including phenoxy) is 3. The number of nitrogens with zero attached hydrogens (tertiary/aromatic N) is 2. The van der Waals surface area contributed by atoms with Crippen LogP contribution < -0.4 is 19.7 Å². The first-order valence-corrected chi connectivity index (χ1v) is 19.6. The van der Waals surface area contributed by atoms with E-state index < -0.39 is 21.9 Å². The number of carbonyl (C=O) groups is 2. The summed E-state index contributed by atoms with van der Waals surface area (Å²) in [4.78, 5) is 29.4. The molecule has 5 aliphatic rings. The molecule has 2 aromatic rings. The van der Waals surface area contributed by atoms with Gasteiger partial charge < -0.3 is 24.4 Å². The summed E-state index contributed by atoms with van der Waals surface area (Å²) in [5.74, 6) is 0.808. The lowest BCUT2D eigenvalue weighted by Crippen LogP contribution is -2.49. The van der Waals surface area contributed by atoms with Gasteiger partial charge in [0, 0.05) is 37.8 Å². The van der Waals surface area contributed by atoms with Crippen molar-refractivity contribution in [2.75, 3.05) is 50.7 Å². The predicted molar refractivity (Wildman–Crippen MR) is 191 cm³/mol. The van der Waals surface area contributed by atoms with E-state index in [1.807, 2.05) is 19.1 Å². The van der Waals surface area contributed by atoms with Gasteiger partial charge in [-0.2, -0.15) is 0 Å². The van der Waals surface area contributed by atoms with E-state index in [1.165, 1.54) is 16.7 Å². The molecule has 3 amide bonds. The fraction of sp³-hybridized carbons (Fsp3) is 0.579. The van der Waals surface area contributed by atoms with Crippen LogP contribution in [0.25, 0.3) is 0 Å². The number of aryl methyl sites for hydroxylation is 2. The lowest BCUT2D eigenvalue weighted by atomic mass is 9.68. The molecule has 2 fully saturated rings. The minimum absolute atomic E-state index is 0.0307. The monoisotopic (exact) mass is 690 g/mol. The second-order valence-corrected chi connectivity index (χ2v) is 17.0. The number of amides is 3. The Kier molecular flexibility index (Phi) is 9.78. The van der Waals surface area contributed by atoms with Gasteiger partial charge in [-0.15, -0.1) is 4.36 Å². The van der Waals surface area contributed by atoms with Gasteiger partial charge in [-0.3, -0.25) is 9.52 Å². The molecule has 49 heavy (non-hydrogen) atoms. The van der Waals surface area contributed by atoms with Crippen LogP contribution in [0.4, 0.5) is 10.5 Å². The number of hydrogen-bond acceptors (Lipinski definition) is 7. The second-order valence-electron chi connectivity index (χ2n) is 15.0. The number of methoxy groups -OCH3 is 1. The van der Waals surface area contributed by atoms with Crippen LogP contribution in [0.15, 0.2) is 52.9 Å². The van der Waals surface area contributed by atoms with Crippen molar-refractivity contribution in [3.63, 3.8) is 0 Å². The highest BCUT2D eigenvalue weighted by atomic mass is 32.2. The molecule has 2 N–H and O–H groups in total. The molecule has 3 heterocycles. The Labute approximate surface area is 290 Å². The van der Waals surface area contributed by atoms with Crippen molar-refractivity contribution in [3.05, 3.63) is 70.8 Å². The summed E-state index contributed by atoms with van der Waals surface area (Å²) in [5.41, 5.74) is 5.01. The Morgan fingerprint density at radius 3 is 2.82 bits per heavy atom. The van der Waals surface area contributed by atoms with Gasteiger partial charge in [0.15, 0.2) is 0 Å². The maximum Gasteiger partial charge on any atom is 0.327 e. The van der Waals surface area contributed by atoms with Crippen LogP contribution in [-0.2, 0) is 31.2 Å². The number of allylic oxidation sites excluding steroid dienone is 1. The average Bonchev–Trinajstić information content (AvgIpc) is 3.51. The fourth-order valence-corrected chi connectivity index (χ4v) is 10.4. The highest BCUT2D eigenvalue weighted by Gasteiger charge is 2.44. The lowest BCUT2D eigenvalue weighted by molar-refractivity contribution is 0.0131. The van der Waals surface area contributed by atoms with Crippen LogP contribution in [0, 0.1) is 24.7 Å². The van der Waals surface area contributed by atoms with Crippen LogP contribution >= 0.6 is 0 Å². The summed E-state index contributed by atoms with van der Waals surface area (Å²) >= 11 is 0. The number of rotatable bonds is 3. The number of benzene rings is 2. The molecule has 0 unspecified atom stereocenters. The normalized spacial score (nSPS) is 33.6. The molecule has 11 heteroatoms. The molecule has 1 saturated heterocycles. The summed E-state index contributed by atoms with van der Waals surface area (Å²) in [6, 6.07) is 11.5. The zero-order chi connectivity index (χ0) is 34.2. The predicted octanol–water partition coefficient (Wildman–Crippen LogP) is 5.72. The molecule has 2 aromatic carbocycles. The summed E-state index contributed by atoms with van der Waals surface area (Å²) in [5, 5.41) is 2.83. The van der Waals surface area contributed by atoms with E-state index in [9.17, 15) is 13.8 Å². The molecule has 0 aromatic heterocycles. The Bertz CT molecular complexity index is 1730. The van der Waals surface area contributed by atoms with E-state index in [4.69, 9.17) is 14.2 Å². The number of anilines is 1. The Hall–Kier alpha value is -3.41. The Morgan fingerprint density at radius 1 is 1.16 bits per heavy atom. The first-order valence-electron chi connectivity index (χ1n) is 17.9. The van der Waals surface area contributed by atoms with E-state index >= 15 is 0 Å². The molecule has 3 aliphatic heterocycles. The van der Waals surface area contributed by atoms with Crippen molar-refractivity contribution >= 4 is 27.5 Å². The third kappa shape index (κ3) is 7.25. The van der Waals surface area contributed by atoms with Gasteiger partial charge in [-0.25, -0.2) is 9.00 Å². The van der Waals surface area contributed by atoms with Crippen molar-refractivity contribution < 1.29 is 28.0 Å². The minimum Gasteiger partial charge on any atom is -0.490 e. The molecular formula is C38H50N4O6S. The summed E-state index contributed by atoms with van der Waals surface area (Å²) in [6.45, 7) is 7.20. The first-order chi connectivity index (χ1) is 23.6. The van der Waals surface area contributed by atoms with E-state index in [0.29, 0.717) is 50.1 Å². The number of fused-ring (bicyclic) bond motifs is 4. The van der Waals surface area contributed by atoms with Crippen LogP contribution in [0.2, 0.25) is 0 Å². The first kappa shape index (κ1) is 34.1. The van der Waals surface area contributed by atoms with Gasteiger partial charge in [0.2, 0.25) is 0 Å². The van der Waals surface area contributed by atoms with E-state index in [-0.39, 0.29) is 29.2 Å². The van der Waals surface area contributed by atoms with Crippen molar-refractivity contribution in [2.45, 2.75) is 76.4 Å². The smallest absolute Gasteiger partial charge is 0.327 e. The minimum atomic E-state index is -3.47. The van der Waals surface area contributed by atoms with Gasteiger partial charge in [-0.05, 0) is 98.9 Å². The molecule has 1 saturated carbocycles. The molecular weight excluding hydrogens is 641 g/mol. The average molecular weight is 691 g/mol. The van der Waals surface area contributed by atoms with Crippen LogP contribution in [0.1, 0.15) is 72.5 Å². The van der Waals surface area contributed by atoms with Crippen molar-refractivity contribution in [1.82, 2.24) is 10.0 Å². The van der Waals surface area contributed by atoms with Crippen molar-refractivity contribution in [2.24, 2.45) is 22.1 Å². The highest BCUT2D eigenvalue weighted by molar-refractivity contribution is 7.92. The lowest BCUT2D eigenvalue weighted by Gasteiger charge is -2.46. The zero-order valence-corrected chi connectivity index (χ0v) is 29.8. The molecule has 2 aliphatic carbocycles. The van der Waals surface area contributed by atoms with Gasteiger partial charge in [0.1, 0.15) is 15.7 Å². The molecule has 7 rings (SSSR count). The zero-order valence-electron chi connectivity index (χ0n) is 29.0. The summed E-state index contributed by atoms with van der Waals surface area (Å²) in [6.07, 6.45) is 10.9. The van der Waals surface area contributed by atoms with Gasteiger partial charge in [-0.1, -0.05) is 42.8 Å². The maximum absolute atomic E-state index is 14.4. The van der Waals surface area contributed by atoms with E-state index in [2.05, 4.69) is 56.6 Å².